The Morgan fingerprint density at radius 1 is 1.11 bits per heavy atom. The summed E-state index contributed by atoms with van der Waals surface area (Å²) >= 11 is 0. The van der Waals surface area contributed by atoms with Gasteiger partial charge in [-0.15, -0.1) is 0 Å². The molecular formula is C16H30N2O. The van der Waals surface area contributed by atoms with E-state index in [0.29, 0.717) is 18.2 Å². The first-order chi connectivity index (χ1) is 9.16. The molecule has 2 aliphatic rings. The van der Waals surface area contributed by atoms with Gasteiger partial charge in [-0.3, -0.25) is 4.79 Å². The van der Waals surface area contributed by atoms with Gasteiger partial charge in [0.25, 0.3) is 0 Å². The second kappa shape index (κ2) is 7.28. The van der Waals surface area contributed by atoms with Gasteiger partial charge < -0.3 is 10.6 Å². The van der Waals surface area contributed by atoms with E-state index in [1.807, 2.05) is 11.9 Å². The van der Waals surface area contributed by atoms with Crippen LogP contribution in [0.5, 0.6) is 0 Å². The predicted molar refractivity (Wildman–Crippen MR) is 78.8 cm³/mol. The van der Waals surface area contributed by atoms with E-state index in [9.17, 15) is 4.79 Å². The summed E-state index contributed by atoms with van der Waals surface area (Å²) in [5, 5.41) is 0. The molecule has 0 aromatic rings. The fraction of sp³-hybridized carbons (Fsp3) is 0.938. The molecule has 2 aliphatic carbocycles. The maximum absolute atomic E-state index is 12.2. The third-order valence-electron chi connectivity index (χ3n) is 5.18. The van der Waals surface area contributed by atoms with Crippen LogP contribution in [0, 0.1) is 11.8 Å². The first-order valence-electron chi connectivity index (χ1n) is 8.16. The van der Waals surface area contributed by atoms with E-state index in [0.717, 1.165) is 25.3 Å². The van der Waals surface area contributed by atoms with Crippen LogP contribution in [0.25, 0.3) is 0 Å². The van der Waals surface area contributed by atoms with E-state index in [-0.39, 0.29) is 6.04 Å². The molecule has 2 N–H and O–H groups in total. The van der Waals surface area contributed by atoms with Gasteiger partial charge in [-0.1, -0.05) is 38.5 Å². The van der Waals surface area contributed by atoms with Crippen LogP contribution in [0.2, 0.25) is 0 Å². The maximum Gasteiger partial charge on any atom is 0.222 e. The van der Waals surface area contributed by atoms with Gasteiger partial charge in [0.2, 0.25) is 5.91 Å². The Bertz CT molecular complexity index is 286. The van der Waals surface area contributed by atoms with E-state index in [2.05, 4.69) is 0 Å². The lowest BCUT2D eigenvalue weighted by molar-refractivity contribution is -0.131. The van der Waals surface area contributed by atoms with Crippen molar-refractivity contribution in [1.29, 1.82) is 0 Å². The lowest BCUT2D eigenvalue weighted by Crippen LogP contribution is -2.34. The van der Waals surface area contributed by atoms with Crippen LogP contribution in [-0.4, -0.2) is 30.4 Å². The molecule has 110 valence electrons. The highest BCUT2D eigenvalue weighted by Crippen LogP contribution is 2.28. The molecule has 0 radical (unpaired) electrons. The van der Waals surface area contributed by atoms with Crippen LogP contribution < -0.4 is 5.73 Å². The molecular weight excluding hydrogens is 236 g/mol. The Morgan fingerprint density at radius 2 is 1.84 bits per heavy atom. The quantitative estimate of drug-likeness (QED) is 0.831. The van der Waals surface area contributed by atoms with Gasteiger partial charge in [0.1, 0.15) is 0 Å². The van der Waals surface area contributed by atoms with E-state index in [1.165, 1.54) is 44.9 Å². The summed E-state index contributed by atoms with van der Waals surface area (Å²) in [4.78, 5) is 14.1. The second-order valence-electron chi connectivity index (χ2n) is 6.67. The molecule has 0 aromatic heterocycles. The van der Waals surface area contributed by atoms with Crippen molar-refractivity contribution in [3.05, 3.63) is 0 Å². The normalized spacial score (nSPS) is 28.5. The van der Waals surface area contributed by atoms with Crippen molar-refractivity contribution in [3.8, 4) is 0 Å². The Morgan fingerprint density at radius 3 is 2.47 bits per heavy atom. The average molecular weight is 266 g/mol. The predicted octanol–water partition coefficient (Wildman–Crippen LogP) is 2.93. The summed E-state index contributed by atoms with van der Waals surface area (Å²) in [6.07, 6.45) is 12.2. The van der Waals surface area contributed by atoms with Crippen molar-refractivity contribution < 1.29 is 4.79 Å². The molecule has 0 aliphatic heterocycles. The Labute approximate surface area is 117 Å². The van der Waals surface area contributed by atoms with Crippen LogP contribution >= 0.6 is 0 Å². The highest BCUT2D eigenvalue weighted by Gasteiger charge is 2.27. The molecule has 2 saturated carbocycles. The third-order valence-corrected chi connectivity index (χ3v) is 5.18. The minimum Gasteiger partial charge on any atom is -0.346 e. The number of amides is 1. The Balaban J connectivity index is 1.66. The zero-order chi connectivity index (χ0) is 13.7. The van der Waals surface area contributed by atoms with Gasteiger partial charge >= 0.3 is 0 Å². The molecule has 0 bridgehead atoms. The summed E-state index contributed by atoms with van der Waals surface area (Å²) in [6.45, 7) is 0.936. The van der Waals surface area contributed by atoms with Crippen molar-refractivity contribution >= 4 is 5.91 Å². The minimum absolute atomic E-state index is 0.260. The summed E-state index contributed by atoms with van der Waals surface area (Å²) in [5.74, 6) is 1.60. The topological polar surface area (TPSA) is 46.3 Å². The monoisotopic (exact) mass is 266 g/mol. The largest absolute Gasteiger partial charge is 0.346 e. The van der Waals surface area contributed by atoms with E-state index >= 15 is 0 Å². The molecule has 2 atom stereocenters. The molecule has 3 heteroatoms. The van der Waals surface area contributed by atoms with Crippen LogP contribution in [0.4, 0.5) is 0 Å². The van der Waals surface area contributed by atoms with Crippen LogP contribution in [0.15, 0.2) is 0 Å². The Hall–Kier alpha value is -0.570. The molecule has 19 heavy (non-hydrogen) atoms. The molecule has 0 saturated heterocycles. The summed E-state index contributed by atoms with van der Waals surface area (Å²) in [5.41, 5.74) is 6.05. The third kappa shape index (κ3) is 4.48. The van der Waals surface area contributed by atoms with Gasteiger partial charge in [0.05, 0.1) is 0 Å². The molecule has 0 aromatic carbocycles. The van der Waals surface area contributed by atoms with Crippen molar-refractivity contribution in [3.63, 3.8) is 0 Å². The highest BCUT2D eigenvalue weighted by atomic mass is 16.2. The number of hydrogen-bond donors (Lipinski definition) is 1. The fourth-order valence-corrected chi connectivity index (χ4v) is 3.68. The van der Waals surface area contributed by atoms with Crippen LogP contribution in [0.1, 0.15) is 64.2 Å². The Kier molecular flexibility index (Phi) is 5.68. The molecule has 2 fully saturated rings. The summed E-state index contributed by atoms with van der Waals surface area (Å²) in [6, 6.07) is 0.260. The van der Waals surface area contributed by atoms with Gasteiger partial charge in [-0.25, -0.2) is 0 Å². The average Bonchev–Trinajstić information content (AvgIpc) is 2.82. The smallest absolute Gasteiger partial charge is 0.222 e. The lowest BCUT2D eigenvalue weighted by atomic mass is 9.87. The van der Waals surface area contributed by atoms with Crippen LogP contribution in [0.3, 0.4) is 0 Å². The van der Waals surface area contributed by atoms with Crippen molar-refractivity contribution in [1.82, 2.24) is 4.90 Å². The SMILES string of the molecule is CN(CCC1CCCCC1)C(=O)C[C@@H]1CCC[C@H]1N. The lowest BCUT2D eigenvalue weighted by Gasteiger charge is -2.25. The summed E-state index contributed by atoms with van der Waals surface area (Å²) in [7, 11) is 1.96. The summed E-state index contributed by atoms with van der Waals surface area (Å²) < 4.78 is 0. The van der Waals surface area contributed by atoms with Gasteiger partial charge in [0, 0.05) is 26.1 Å². The first-order valence-corrected chi connectivity index (χ1v) is 8.16. The van der Waals surface area contributed by atoms with Crippen molar-refractivity contribution in [2.75, 3.05) is 13.6 Å². The molecule has 2 rings (SSSR count). The molecule has 0 spiro atoms. The van der Waals surface area contributed by atoms with E-state index in [4.69, 9.17) is 5.73 Å². The standard InChI is InChI=1S/C16H30N2O/c1-18(11-10-13-6-3-2-4-7-13)16(19)12-14-8-5-9-15(14)17/h13-15H,2-12,17H2,1H3/t14-,15+/m0/s1. The van der Waals surface area contributed by atoms with Crippen LogP contribution in [-0.2, 0) is 4.79 Å². The van der Waals surface area contributed by atoms with Crippen molar-refractivity contribution in [2.24, 2.45) is 17.6 Å². The number of nitrogens with zero attached hydrogens (tertiary/aromatic N) is 1. The fourth-order valence-electron chi connectivity index (χ4n) is 3.68. The number of carbonyl (C=O) groups excluding carboxylic acids is 1. The zero-order valence-corrected chi connectivity index (χ0v) is 12.4. The number of nitrogens with two attached hydrogens (primary N) is 1. The van der Waals surface area contributed by atoms with Gasteiger partial charge in [0.15, 0.2) is 0 Å². The highest BCUT2D eigenvalue weighted by molar-refractivity contribution is 5.76. The number of carbonyl (C=O) groups is 1. The number of rotatable bonds is 5. The van der Waals surface area contributed by atoms with Gasteiger partial charge in [-0.2, -0.15) is 0 Å². The molecule has 1 amide bonds. The van der Waals surface area contributed by atoms with E-state index in [1.54, 1.807) is 0 Å². The van der Waals surface area contributed by atoms with E-state index < -0.39 is 0 Å². The minimum atomic E-state index is 0.260. The second-order valence-corrected chi connectivity index (χ2v) is 6.67. The molecule has 0 unspecified atom stereocenters. The van der Waals surface area contributed by atoms with Gasteiger partial charge in [-0.05, 0) is 31.1 Å². The zero-order valence-electron chi connectivity index (χ0n) is 12.4. The molecule has 3 nitrogen and oxygen atoms in total. The maximum atomic E-state index is 12.2. The molecule has 0 heterocycles. The van der Waals surface area contributed by atoms with Crippen molar-refractivity contribution in [2.45, 2.75) is 70.3 Å². The first kappa shape index (κ1) is 14.8. The number of hydrogen-bond acceptors (Lipinski definition) is 2.